The zero-order chi connectivity index (χ0) is 11.4. The Kier molecular flexibility index (Phi) is 3.68. The molecule has 0 aliphatic rings. The molecule has 0 aliphatic heterocycles. The number of phenolic OH excluding ortho intramolecular Hbond substituents is 1. The molecule has 82 valence electrons. The average Bonchev–Trinajstić information content (AvgIpc) is 2.20. The molecule has 1 unspecified atom stereocenters. The number of phenols is 1. The van der Waals surface area contributed by atoms with Crippen LogP contribution in [0.1, 0.15) is 12.5 Å². The summed E-state index contributed by atoms with van der Waals surface area (Å²) < 4.78 is 0. The van der Waals surface area contributed by atoms with Crippen LogP contribution in [0.2, 0.25) is 0 Å². The highest BCUT2D eigenvalue weighted by Gasteiger charge is 2.11. The molecule has 1 atom stereocenters. The summed E-state index contributed by atoms with van der Waals surface area (Å²) in [6, 6.07) is 4.61. The largest absolute Gasteiger partial charge is 0.508 e. The van der Waals surface area contributed by atoms with E-state index in [2.05, 4.69) is 10.6 Å². The van der Waals surface area contributed by atoms with E-state index in [4.69, 9.17) is 0 Å². The van der Waals surface area contributed by atoms with Crippen molar-refractivity contribution < 1.29 is 9.90 Å². The highest BCUT2D eigenvalue weighted by Crippen LogP contribution is 2.20. The molecule has 0 spiro atoms. The highest BCUT2D eigenvalue weighted by molar-refractivity contribution is 5.95. The van der Waals surface area contributed by atoms with E-state index in [1.807, 2.05) is 6.92 Å². The van der Waals surface area contributed by atoms with Crippen molar-refractivity contribution in [3.8, 4) is 5.75 Å². The molecular formula is C11H16N2O2. The first kappa shape index (κ1) is 11.5. The number of carbonyl (C=O) groups is 1. The van der Waals surface area contributed by atoms with Gasteiger partial charge in [0.15, 0.2) is 0 Å². The van der Waals surface area contributed by atoms with Gasteiger partial charge in [0, 0.05) is 5.69 Å². The van der Waals surface area contributed by atoms with Crippen LogP contribution in [-0.4, -0.2) is 24.1 Å². The van der Waals surface area contributed by atoms with Gasteiger partial charge in [-0.05, 0) is 44.7 Å². The summed E-state index contributed by atoms with van der Waals surface area (Å²) in [6.07, 6.45) is 0. The molecule has 0 aromatic heterocycles. The maximum atomic E-state index is 11.5. The number of anilines is 1. The Balaban J connectivity index is 2.77. The van der Waals surface area contributed by atoms with Gasteiger partial charge in [-0.2, -0.15) is 0 Å². The minimum Gasteiger partial charge on any atom is -0.508 e. The summed E-state index contributed by atoms with van der Waals surface area (Å²) in [6.45, 7) is 3.62. The van der Waals surface area contributed by atoms with Crippen molar-refractivity contribution in [1.82, 2.24) is 5.32 Å². The van der Waals surface area contributed by atoms with Crippen LogP contribution in [0.3, 0.4) is 0 Å². The molecule has 4 heteroatoms. The van der Waals surface area contributed by atoms with Gasteiger partial charge < -0.3 is 15.7 Å². The molecule has 0 aliphatic carbocycles. The lowest BCUT2D eigenvalue weighted by atomic mass is 10.2. The molecule has 0 heterocycles. The molecule has 1 amide bonds. The summed E-state index contributed by atoms with van der Waals surface area (Å²) in [5, 5.41) is 14.8. The van der Waals surface area contributed by atoms with Crippen molar-refractivity contribution in [2.24, 2.45) is 0 Å². The van der Waals surface area contributed by atoms with Gasteiger partial charge >= 0.3 is 0 Å². The minimum atomic E-state index is -0.238. The van der Waals surface area contributed by atoms with Crippen LogP contribution in [0.15, 0.2) is 18.2 Å². The highest BCUT2D eigenvalue weighted by atomic mass is 16.3. The number of nitrogens with one attached hydrogen (secondary N) is 2. The van der Waals surface area contributed by atoms with E-state index in [-0.39, 0.29) is 17.7 Å². The van der Waals surface area contributed by atoms with E-state index in [9.17, 15) is 9.90 Å². The Labute approximate surface area is 89.3 Å². The number of aromatic hydroxyl groups is 1. The van der Waals surface area contributed by atoms with Crippen LogP contribution in [0.5, 0.6) is 5.75 Å². The van der Waals surface area contributed by atoms with Gasteiger partial charge in [0.1, 0.15) is 5.75 Å². The first-order valence-electron chi connectivity index (χ1n) is 4.82. The number of likely N-dealkylation sites (N-methyl/N-ethyl adjacent to an activating group) is 1. The fraction of sp³-hybridized carbons (Fsp3) is 0.364. The second-order valence-corrected chi connectivity index (χ2v) is 3.50. The third-order valence-corrected chi connectivity index (χ3v) is 2.29. The van der Waals surface area contributed by atoms with Crippen LogP contribution < -0.4 is 10.6 Å². The van der Waals surface area contributed by atoms with Crippen LogP contribution >= 0.6 is 0 Å². The molecule has 0 fully saturated rings. The van der Waals surface area contributed by atoms with E-state index in [0.717, 1.165) is 11.3 Å². The zero-order valence-electron chi connectivity index (χ0n) is 9.16. The van der Waals surface area contributed by atoms with Crippen molar-refractivity contribution in [1.29, 1.82) is 0 Å². The molecule has 15 heavy (non-hydrogen) atoms. The zero-order valence-corrected chi connectivity index (χ0v) is 9.16. The Morgan fingerprint density at radius 1 is 1.47 bits per heavy atom. The first-order valence-corrected chi connectivity index (χ1v) is 4.82. The average molecular weight is 208 g/mol. The molecule has 3 N–H and O–H groups in total. The molecule has 1 aromatic rings. The Bertz CT molecular complexity index is 364. The summed E-state index contributed by atoms with van der Waals surface area (Å²) in [5.41, 5.74) is 1.56. The van der Waals surface area contributed by atoms with E-state index in [1.165, 1.54) is 0 Å². The van der Waals surface area contributed by atoms with Crippen LogP contribution in [0.25, 0.3) is 0 Å². The van der Waals surface area contributed by atoms with Crippen LogP contribution in [0, 0.1) is 6.92 Å². The quantitative estimate of drug-likeness (QED) is 0.655. The summed E-state index contributed by atoms with van der Waals surface area (Å²) in [7, 11) is 1.73. The lowest BCUT2D eigenvalue weighted by Gasteiger charge is -2.12. The van der Waals surface area contributed by atoms with Crippen LogP contribution in [-0.2, 0) is 4.79 Å². The fourth-order valence-electron chi connectivity index (χ4n) is 1.16. The van der Waals surface area contributed by atoms with Crippen molar-refractivity contribution >= 4 is 11.6 Å². The van der Waals surface area contributed by atoms with Gasteiger partial charge in [0.25, 0.3) is 0 Å². The number of hydrogen-bond donors (Lipinski definition) is 3. The summed E-state index contributed by atoms with van der Waals surface area (Å²) in [4.78, 5) is 11.5. The molecule has 0 saturated heterocycles. The maximum Gasteiger partial charge on any atom is 0.241 e. The van der Waals surface area contributed by atoms with Crippen molar-refractivity contribution in [2.75, 3.05) is 12.4 Å². The number of hydrogen-bond acceptors (Lipinski definition) is 3. The summed E-state index contributed by atoms with van der Waals surface area (Å²) >= 11 is 0. The number of benzene rings is 1. The smallest absolute Gasteiger partial charge is 0.241 e. The minimum absolute atomic E-state index is 0.0914. The SMILES string of the molecule is CNC(C)C(=O)Nc1ccc(O)cc1C. The van der Waals surface area contributed by atoms with E-state index < -0.39 is 0 Å². The lowest BCUT2D eigenvalue weighted by Crippen LogP contribution is -2.35. The van der Waals surface area contributed by atoms with Crippen molar-refractivity contribution in [3.05, 3.63) is 23.8 Å². The van der Waals surface area contributed by atoms with E-state index in [1.54, 1.807) is 32.2 Å². The Morgan fingerprint density at radius 2 is 2.13 bits per heavy atom. The number of aryl methyl sites for hydroxylation is 1. The van der Waals surface area contributed by atoms with Crippen molar-refractivity contribution in [2.45, 2.75) is 19.9 Å². The molecule has 0 bridgehead atoms. The number of carbonyl (C=O) groups excluding carboxylic acids is 1. The summed E-state index contributed by atoms with van der Waals surface area (Å²) in [5.74, 6) is 0.110. The van der Waals surface area contributed by atoms with Gasteiger partial charge in [-0.25, -0.2) is 0 Å². The standard InChI is InChI=1S/C11H16N2O2/c1-7-6-9(14)4-5-10(7)13-11(15)8(2)12-3/h4-6,8,12,14H,1-3H3,(H,13,15). The lowest BCUT2D eigenvalue weighted by molar-refractivity contribution is -0.117. The van der Waals surface area contributed by atoms with Crippen LogP contribution in [0.4, 0.5) is 5.69 Å². The predicted molar refractivity (Wildman–Crippen MR) is 60.0 cm³/mol. The Morgan fingerprint density at radius 3 is 2.67 bits per heavy atom. The fourth-order valence-corrected chi connectivity index (χ4v) is 1.16. The molecule has 1 rings (SSSR count). The van der Waals surface area contributed by atoms with Crippen molar-refractivity contribution in [3.63, 3.8) is 0 Å². The molecule has 0 saturated carbocycles. The van der Waals surface area contributed by atoms with Gasteiger partial charge in [0.2, 0.25) is 5.91 Å². The molecule has 1 aromatic carbocycles. The van der Waals surface area contributed by atoms with Gasteiger partial charge in [-0.1, -0.05) is 0 Å². The molecular weight excluding hydrogens is 192 g/mol. The number of amides is 1. The normalized spacial score (nSPS) is 12.2. The van der Waals surface area contributed by atoms with Gasteiger partial charge in [0.05, 0.1) is 6.04 Å². The Hall–Kier alpha value is -1.55. The molecule has 0 radical (unpaired) electrons. The number of rotatable bonds is 3. The van der Waals surface area contributed by atoms with E-state index in [0.29, 0.717) is 0 Å². The van der Waals surface area contributed by atoms with E-state index >= 15 is 0 Å². The third kappa shape index (κ3) is 2.95. The third-order valence-electron chi connectivity index (χ3n) is 2.29. The maximum absolute atomic E-state index is 11.5. The van der Waals surface area contributed by atoms with Gasteiger partial charge in [-0.15, -0.1) is 0 Å². The predicted octanol–water partition coefficient (Wildman–Crippen LogP) is 1.25. The van der Waals surface area contributed by atoms with Gasteiger partial charge in [-0.3, -0.25) is 4.79 Å². The monoisotopic (exact) mass is 208 g/mol. The second kappa shape index (κ2) is 4.79. The second-order valence-electron chi connectivity index (χ2n) is 3.50. The molecule has 4 nitrogen and oxygen atoms in total. The first-order chi connectivity index (χ1) is 7.04. The topological polar surface area (TPSA) is 61.4 Å².